The zero-order chi connectivity index (χ0) is 9.97. The lowest BCUT2D eigenvalue weighted by molar-refractivity contribution is 0.898. The van der Waals surface area contributed by atoms with Crippen LogP contribution in [-0.4, -0.2) is 9.55 Å². The largest absolute Gasteiger partial charge is 0.335 e. The first-order valence-electron chi connectivity index (χ1n) is 4.47. The molecule has 72 valence electrons. The average Bonchev–Trinajstić information content (AvgIpc) is 2.72. The van der Waals surface area contributed by atoms with Gasteiger partial charge in [-0.2, -0.15) is 0 Å². The lowest BCUT2D eigenvalue weighted by Crippen LogP contribution is -1.88. The topological polar surface area (TPSA) is 17.8 Å². The molecular formula is C11H12N2S. The first kappa shape index (κ1) is 9.21. The molecule has 0 bridgehead atoms. The number of imidazole rings is 1. The number of hydrogen-bond acceptors (Lipinski definition) is 2. The van der Waals surface area contributed by atoms with Crippen molar-refractivity contribution in [2.45, 2.75) is 6.92 Å². The number of nitrogens with zero attached hydrogens (tertiary/aromatic N) is 2. The third-order valence-corrected chi connectivity index (χ3v) is 3.13. The predicted octanol–water partition coefficient (Wildman–Crippen LogP) is 2.96. The fraction of sp³-hybridized carbons (Fsp3) is 0.182. The molecule has 0 aromatic carbocycles. The molecule has 0 saturated heterocycles. The highest BCUT2D eigenvalue weighted by atomic mass is 32.1. The smallest absolute Gasteiger partial charge is 0.132 e. The van der Waals surface area contributed by atoms with Crippen molar-refractivity contribution >= 4 is 23.5 Å². The number of aryl methyl sites for hydroxylation is 2. The maximum atomic E-state index is 4.23. The summed E-state index contributed by atoms with van der Waals surface area (Å²) < 4.78 is 2.00. The van der Waals surface area contributed by atoms with Crippen LogP contribution in [0.1, 0.15) is 16.3 Å². The Balaban J connectivity index is 2.23. The van der Waals surface area contributed by atoms with E-state index in [1.54, 1.807) is 17.5 Å². The predicted molar refractivity (Wildman–Crippen MR) is 61.2 cm³/mol. The van der Waals surface area contributed by atoms with Gasteiger partial charge in [0, 0.05) is 24.3 Å². The Morgan fingerprint density at radius 3 is 2.86 bits per heavy atom. The molecule has 14 heavy (non-hydrogen) atoms. The summed E-state index contributed by atoms with van der Waals surface area (Å²) in [6, 6.07) is 2.13. The lowest BCUT2D eigenvalue weighted by atomic mass is 10.3. The monoisotopic (exact) mass is 204 g/mol. The van der Waals surface area contributed by atoms with E-state index in [2.05, 4.69) is 29.4 Å². The van der Waals surface area contributed by atoms with Crippen LogP contribution in [-0.2, 0) is 7.05 Å². The molecule has 0 aliphatic heterocycles. The molecule has 0 amide bonds. The average molecular weight is 204 g/mol. The van der Waals surface area contributed by atoms with Gasteiger partial charge in [0.2, 0.25) is 0 Å². The molecule has 0 N–H and O–H groups in total. The molecule has 2 rings (SSSR count). The molecule has 2 heterocycles. The van der Waals surface area contributed by atoms with Gasteiger partial charge in [0.15, 0.2) is 0 Å². The molecule has 0 radical (unpaired) electrons. The second-order valence-corrected chi connectivity index (χ2v) is 4.15. The van der Waals surface area contributed by atoms with Gasteiger partial charge in [-0.1, -0.05) is 0 Å². The van der Waals surface area contributed by atoms with E-state index in [0.29, 0.717) is 0 Å². The molecule has 0 fully saturated rings. The highest BCUT2D eigenvalue weighted by Crippen LogP contribution is 2.18. The van der Waals surface area contributed by atoms with Crippen molar-refractivity contribution in [3.05, 3.63) is 40.1 Å². The van der Waals surface area contributed by atoms with Crippen molar-refractivity contribution in [2.24, 2.45) is 7.05 Å². The maximum absolute atomic E-state index is 4.23. The molecule has 2 nitrogen and oxygen atoms in total. The van der Waals surface area contributed by atoms with Crippen molar-refractivity contribution in [2.75, 3.05) is 0 Å². The molecule has 0 spiro atoms. The van der Waals surface area contributed by atoms with E-state index in [1.165, 1.54) is 10.4 Å². The normalized spacial score (nSPS) is 11.3. The quantitative estimate of drug-likeness (QED) is 0.735. The summed E-state index contributed by atoms with van der Waals surface area (Å²) in [7, 11) is 1.99. The molecular weight excluding hydrogens is 192 g/mol. The fourth-order valence-electron chi connectivity index (χ4n) is 1.24. The molecule has 0 unspecified atom stereocenters. The van der Waals surface area contributed by atoms with Crippen molar-refractivity contribution in [3.63, 3.8) is 0 Å². The second kappa shape index (κ2) is 3.80. The van der Waals surface area contributed by atoms with Crippen molar-refractivity contribution in [1.29, 1.82) is 0 Å². The van der Waals surface area contributed by atoms with Crippen LogP contribution in [0.25, 0.3) is 12.2 Å². The minimum atomic E-state index is 0.984. The van der Waals surface area contributed by atoms with E-state index in [9.17, 15) is 0 Å². The first-order valence-corrected chi connectivity index (χ1v) is 5.35. The van der Waals surface area contributed by atoms with E-state index in [4.69, 9.17) is 0 Å². The van der Waals surface area contributed by atoms with Crippen LogP contribution in [0.15, 0.2) is 23.8 Å². The summed E-state index contributed by atoms with van der Waals surface area (Å²) in [6.45, 7) is 2.12. The molecule has 0 saturated carbocycles. The Hall–Kier alpha value is -1.35. The van der Waals surface area contributed by atoms with Crippen LogP contribution in [0, 0.1) is 6.92 Å². The number of rotatable bonds is 2. The maximum Gasteiger partial charge on any atom is 0.132 e. The van der Waals surface area contributed by atoms with Crippen LogP contribution in [0.4, 0.5) is 0 Å². The van der Waals surface area contributed by atoms with Crippen LogP contribution in [0.3, 0.4) is 0 Å². The fourth-order valence-corrected chi connectivity index (χ4v) is 2.06. The van der Waals surface area contributed by atoms with Gasteiger partial charge >= 0.3 is 0 Å². The van der Waals surface area contributed by atoms with Gasteiger partial charge in [0.05, 0.1) is 0 Å². The molecule has 0 atom stereocenters. The van der Waals surface area contributed by atoms with Crippen LogP contribution in [0.2, 0.25) is 0 Å². The summed E-state index contributed by atoms with van der Waals surface area (Å²) in [5.41, 5.74) is 1.32. The Bertz CT molecular complexity index is 409. The summed E-state index contributed by atoms with van der Waals surface area (Å²) in [5.74, 6) is 0.984. The SMILES string of the molecule is Cc1ccsc1/C=C/c1nccn1C. The van der Waals surface area contributed by atoms with Gasteiger partial charge in [0.1, 0.15) is 5.82 Å². The van der Waals surface area contributed by atoms with Gasteiger partial charge < -0.3 is 4.57 Å². The Morgan fingerprint density at radius 1 is 1.43 bits per heavy atom. The van der Waals surface area contributed by atoms with Crippen LogP contribution >= 0.6 is 11.3 Å². The Kier molecular flexibility index (Phi) is 2.50. The summed E-state index contributed by atoms with van der Waals surface area (Å²) in [4.78, 5) is 5.52. The molecule has 0 aliphatic carbocycles. The van der Waals surface area contributed by atoms with E-state index in [1.807, 2.05) is 23.9 Å². The van der Waals surface area contributed by atoms with Gasteiger partial charge in [0.25, 0.3) is 0 Å². The standard InChI is InChI=1S/C11H12N2S/c1-9-5-8-14-10(9)3-4-11-12-6-7-13(11)2/h3-8H,1-2H3/b4-3+. The van der Waals surface area contributed by atoms with Gasteiger partial charge in [-0.3, -0.25) is 0 Å². The lowest BCUT2D eigenvalue weighted by Gasteiger charge is -1.93. The summed E-state index contributed by atoms with van der Waals surface area (Å²) >= 11 is 1.75. The molecule has 0 aliphatic rings. The second-order valence-electron chi connectivity index (χ2n) is 3.20. The van der Waals surface area contributed by atoms with Crippen molar-refractivity contribution < 1.29 is 0 Å². The minimum absolute atomic E-state index is 0.984. The van der Waals surface area contributed by atoms with Gasteiger partial charge in [-0.15, -0.1) is 11.3 Å². The third kappa shape index (κ3) is 1.77. The van der Waals surface area contributed by atoms with E-state index < -0.39 is 0 Å². The molecule has 3 heteroatoms. The third-order valence-electron chi connectivity index (χ3n) is 2.14. The van der Waals surface area contributed by atoms with E-state index in [0.717, 1.165) is 5.82 Å². The number of aromatic nitrogens is 2. The molecule has 2 aromatic rings. The number of thiophene rings is 1. The summed E-state index contributed by atoms with van der Waals surface area (Å²) in [6.07, 6.45) is 7.91. The van der Waals surface area contributed by atoms with Crippen LogP contribution < -0.4 is 0 Å². The minimum Gasteiger partial charge on any atom is -0.335 e. The first-order chi connectivity index (χ1) is 6.77. The van der Waals surface area contributed by atoms with Crippen LogP contribution in [0.5, 0.6) is 0 Å². The highest BCUT2D eigenvalue weighted by Gasteiger charge is 1.96. The zero-order valence-electron chi connectivity index (χ0n) is 8.27. The van der Waals surface area contributed by atoms with Gasteiger partial charge in [-0.05, 0) is 36.1 Å². The number of hydrogen-bond donors (Lipinski definition) is 0. The summed E-state index contributed by atoms with van der Waals surface area (Å²) in [5, 5.41) is 2.10. The Labute approximate surface area is 87.5 Å². The van der Waals surface area contributed by atoms with Crippen molar-refractivity contribution in [1.82, 2.24) is 9.55 Å². The van der Waals surface area contributed by atoms with Crippen molar-refractivity contribution in [3.8, 4) is 0 Å². The highest BCUT2D eigenvalue weighted by molar-refractivity contribution is 7.11. The van der Waals surface area contributed by atoms with E-state index >= 15 is 0 Å². The zero-order valence-corrected chi connectivity index (χ0v) is 9.08. The van der Waals surface area contributed by atoms with Gasteiger partial charge in [-0.25, -0.2) is 4.98 Å². The van der Waals surface area contributed by atoms with E-state index in [-0.39, 0.29) is 0 Å². The molecule has 2 aromatic heterocycles. The Morgan fingerprint density at radius 2 is 2.29 bits per heavy atom.